The predicted molar refractivity (Wildman–Crippen MR) is 65.9 cm³/mol. The number of anilines is 1. The molecule has 0 bridgehead atoms. The lowest BCUT2D eigenvalue weighted by molar-refractivity contribution is 0.253. The standard InChI is InChI=1S/C8H8Br2N4O/c9-4-1-5(10)3-6(2-4)13-7(11)14-8(12)15/h1-3H,(H5,11,12,13,14,15). The molecular weight excluding hydrogens is 328 g/mol. The van der Waals surface area contributed by atoms with Crippen LogP contribution in [0.5, 0.6) is 0 Å². The molecule has 7 heteroatoms. The van der Waals surface area contributed by atoms with Crippen LogP contribution in [0, 0.1) is 5.41 Å². The van der Waals surface area contributed by atoms with Crippen LogP contribution in [0.25, 0.3) is 0 Å². The minimum absolute atomic E-state index is 0.174. The Hall–Kier alpha value is -1.08. The van der Waals surface area contributed by atoms with Crippen LogP contribution in [0.3, 0.4) is 0 Å². The molecule has 0 saturated heterocycles. The first-order valence-electron chi connectivity index (χ1n) is 3.85. The number of benzene rings is 1. The van der Waals surface area contributed by atoms with Crippen molar-refractivity contribution in [1.82, 2.24) is 5.32 Å². The van der Waals surface area contributed by atoms with Crippen molar-refractivity contribution in [2.24, 2.45) is 5.73 Å². The Morgan fingerprint density at radius 2 is 1.80 bits per heavy atom. The highest BCUT2D eigenvalue weighted by Gasteiger charge is 2.02. The zero-order valence-electron chi connectivity index (χ0n) is 7.47. The monoisotopic (exact) mass is 334 g/mol. The van der Waals surface area contributed by atoms with Crippen LogP contribution in [0.1, 0.15) is 0 Å². The average molecular weight is 336 g/mol. The molecule has 0 radical (unpaired) electrons. The van der Waals surface area contributed by atoms with E-state index in [0.29, 0.717) is 5.69 Å². The molecule has 1 aromatic carbocycles. The summed E-state index contributed by atoms with van der Waals surface area (Å²) < 4.78 is 1.71. The number of amides is 2. The van der Waals surface area contributed by atoms with Crippen molar-refractivity contribution in [3.05, 3.63) is 27.1 Å². The van der Waals surface area contributed by atoms with Gasteiger partial charge in [-0.15, -0.1) is 0 Å². The number of guanidine groups is 1. The van der Waals surface area contributed by atoms with E-state index in [1.54, 1.807) is 12.1 Å². The molecule has 5 nitrogen and oxygen atoms in total. The Kier molecular flexibility index (Phi) is 4.10. The fourth-order valence-corrected chi connectivity index (χ4v) is 2.22. The second kappa shape index (κ2) is 5.13. The Balaban J connectivity index is 2.72. The van der Waals surface area contributed by atoms with Gasteiger partial charge in [0.05, 0.1) is 0 Å². The largest absolute Gasteiger partial charge is 0.351 e. The zero-order chi connectivity index (χ0) is 11.4. The van der Waals surface area contributed by atoms with E-state index in [-0.39, 0.29) is 5.96 Å². The Labute approximate surface area is 103 Å². The molecule has 0 aliphatic heterocycles. The number of primary amides is 1. The van der Waals surface area contributed by atoms with Crippen molar-refractivity contribution < 1.29 is 4.79 Å². The lowest BCUT2D eigenvalue weighted by Crippen LogP contribution is -2.38. The van der Waals surface area contributed by atoms with Gasteiger partial charge in [-0.05, 0) is 18.2 Å². The molecule has 0 saturated carbocycles. The molecule has 0 aliphatic carbocycles. The average Bonchev–Trinajstić information content (AvgIpc) is 1.98. The van der Waals surface area contributed by atoms with Crippen LogP contribution in [-0.2, 0) is 0 Å². The first-order chi connectivity index (χ1) is 6.97. The normalized spacial score (nSPS) is 9.47. The maximum Gasteiger partial charge on any atom is 0.318 e. The van der Waals surface area contributed by atoms with Crippen molar-refractivity contribution >= 4 is 49.5 Å². The van der Waals surface area contributed by atoms with Gasteiger partial charge in [0, 0.05) is 14.6 Å². The summed E-state index contributed by atoms with van der Waals surface area (Å²) in [4.78, 5) is 10.4. The second-order valence-electron chi connectivity index (χ2n) is 2.65. The summed E-state index contributed by atoms with van der Waals surface area (Å²) in [5.41, 5.74) is 5.52. The number of carbonyl (C=O) groups excluding carboxylic acids is 1. The van der Waals surface area contributed by atoms with Gasteiger partial charge in [-0.3, -0.25) is 10.7 Å². The highest BCUT2D eigenvalue weighted by Crippen LogP contribution is 2.22. The van der Waals surface area contributed by atoms with Gasteiger partial charge < -0.3 is 11.1 Å². The smallest absolute Gasteiger partial charge is 0.318 e. The molecule has 0 aromatic heterocycles. The van der Waals surface area contributed by atoms with E-state index in [4.69, 9.17) is 11.1 Å². The summed E-state index contributed by atoms with van der Waals surface area (Å²) in [6.07, 6.45) is 0. The molecule has 5 N–H and O–H groups in total. The summed E-state index contributed by atoms with van der Waals surface area (Å²) in [6, 6.07) is 4.61. The number of nitrogens with two attached hydrogens (primary N) is 1. The molecule has 0 atom stereocenters. The number of carbonyl (C=O) groups is 1. The molecule has 0 heterocycles. The summed E-state index contributed by atoms with van der Waals surface area (Å²) in [7, 11) is 0. The highest BCUT2D eigenvalue weighted by molar-refractivity contribution is 9.11. The van der Waals surface area contributed by atoms with E-state index in [1.165, 1.54) is 0 Å². The van der Waals surface area contributed by atoms with Gasteiger partial charge in [0.2, 0.25) is 5.96 Å². The van der Waals surface area contributed by atoms with Crippen molar-refractivity contribution in [3.63, 3.8) is 0 Å². The third kappa shape index (κ3) is 4.30. The minimum Gasteiger partial charge on any atom is -0.351 e. The minimum atomic E-state index is -0.776. The molecule has 80 valence electrons. The first kappa shape index (κ1) is 12.0. The van der Waals surface area contributed by atoms with Gasteiger partial charge in [-0.2, -0.15) is 0 Å². The summed E-state index contributed by atoms with van der Waals surface area (Å²) in [6.45, 7) is 0. The van der Waals surface area contributed by atoms with Gasteiger partial charge in [0.15, 0.2) is 0 Å². The van der Waals surface area contributed by atoms with Gasteiger partial charge >= 0.3 is 6.03 Å². The van der Waals surface area contributed by atoms with E-state index in [1.807, 2.05) is 6.07 Å². The van der Waals surface area contributed by atoms with Crippen LogP contribution in [0.2, 0.25) is 0 Å². The summed E-state index contributed by atoms with van der Waals surface area (Å²) in [5.74, 6) is -0.174. The number of halogens is 2. The molecule has 1 rings (SSSR count). The van der Waals surface area contributed by atoms with Gasteiger partial charge in [0.1, 0.15) is 0 Å². The van der Waals surface area contributed by atoms with Gasteiger partial charge in [-0.1, -0.05) is 31.9 Å². The molecule has 0 fully saturated rings. The van der Waals surface area contributed by atoms with Crippen molar-refractivity contribution in [2.75, 3.05) is 5.32 Å². The molecule has 15 heavy (non-hydrogen) atoms. The van der Waals surface area contributed by atoms with Crippen LogP contribution >= 0.6 is 31.9 Å². The Bertz CT molecular complexity index is 387. The lowest BCUT2D eigenvalue weighted by atomic mass is 10.3. The van der Waals surface area contributed by atoms with Crippen LogP contribution in [0.4, 0.5) is 10.5 Å². The molecule has 0 unspecified atom stereocenters. The SMILES string of the molecule is N=C(NC(N)=O)Nc1cc(Br)cc(Br)c1. The molecule has 1 aromatic rings. The quantitative estimate of drug-likeness (QED) is 0.468. The summed E-state index contributed by atoms with van der Waals surface area (Å²) >= 11 is 6.60. The number of hydrogen-bond acceptors (Lipinski definition) is 2. The van der Waals surface area contributed by atoms with Crippen LogP contribution < -0.4 is 16.4 Å². The maximum absolute atomic E-state index is 10.4. The molecule has 0 spiro atoms. The van der Waals surface area contributed by atoms with E-state index >= 15 is 0 Å². The number of urea groups is 1. The van der Waals surface area contributed by atoms with Gasteiger partial charge in [0.25, 0.3) is 0 Å². The van der Waals surface area contributed by atoms with Crippen LogP contribution in [-0.4, -0.2) is 12.0 Å². The van der Waals surface area contributed by atoms with Crippen molar-refractivity contribution in [1.29, 1.82) is 5.41 Å². The third-order valence-corrected chi connectivity index (χ3v) is 2.30. The predicted octanol–water partition coefficient (Wildman–Crippen LogP) is 2.23. The molecule has 0 aliphatic rings. The van der Waals surface area contributed by atoms with Crippen molar-refractivity contribution in [3.8, 4) is 0 Å². The maximum atomic E-state index is 10.4. The van der Waals surface area contributed by atoms with E-state index in [2.05, 4.69) is 42.5 Å². The fraction of sp³-hybridized carbons (Fsp3) is 0. The van der Waals surface area contributed by atoms with E-state index in [9.17, 15) is 4.79 Å². The second-order valence-corrected chi connectivity index (χ2v) is 4.48. The topological polar surface area (TPSA) is 91.0 Å². The van der Waals surface area contributed by atoms with E-state index in [0.717, 1.165) is 8.95 Å². The van der Waals surface area contributed by atoms with Crippen LogP contribution in [0.15, 0.2) is 27.1 Å². The van der Waals surface area contributed by atoms with Gasteiger partial charge in [-0.25, -0.2) is 4.79 Å². The molecular formula is C8H8Br2N4O. The summed E-state index contributed by atoms with van der Waals surface area (Å²) in [5, 5.41) is 12.1. The first-order valence-corrected chi connectivity index (χ1v) is 5.44. The lowest BCUT2D eigenvalue weighted by Gasteiger charge is -2.08. The Morgan fingerprint density at radius 3 is 2.27 bits per heavy atom. The zero-order valence-corrected chi connectivity index (χ0v) is 10.6. The highest BCUT2D eigenvalue weighted by atomic mass is 79.9. The van der Waals surface area contributed by atoms with Crippen molar-refractivity contribution in [2.45, 2.75) is 0 Å². The van der Waals surface area contributed by atoms with E-state index < -0.39 is 6.03 Å². The number of nitrogens with one attached hydrogen (secondary N) is 3. The Morgan fingerprint density at radius 1 is 1.27 bits per heavy atom. The molecule has 2 amide bonds. The number of hydrogen-bond donors (Lipinski definition) is 4. The fourth-order valence-electron chi connectivity index (χ4n) is 0.925. The third-order valence-electron chi connectivity index (χ3n) is 1.38. The number of rotatable bonds is 1.